The Morgan fingerprint density at radius 1 is 1.05 bits per heavy atom. The first-order valence-corrected chi connectivity index (χ1v) is 9.22. The first kappa shape index (κ1) is 13.1. The van der Waals surface area contributed by atoms with Crippen LogP contribution in [0.5, 0.6) is 0 Å². The number of ether oxygens (including phenoxy) is 1. The van der Waals surface area contributed by atoms with Crippen molar-refractivity contribution >= 4 is 5.78 Å². The van der Waals surface area contributed by atoms with Crippen LogP contribution in [-0.2, 0) is 9.53 Å². The minimum absolute atomic E-state index is 0.0489. The molecule has 0 aromatic heterocycles. The molecular weight excluding hydrogens is 260 g/mol. The van der Waals surface area contributed by atoms with Crippen LogP contribution in [0.25, 0.3) is 0 Å². The predicted molar refractivity (Wildman–Crippen MR) is 80.8 cm³/mol. The lowest BCUT2D eigenvalue weighted by Crippen LogP contribution is -2.49. The van der Waals surface area contributed by atoms with E-state index in [-0.39, 0.29) is 11.0 Å². The number of ketones is 1. The number of carbonyl (C=O) groups is 1. The van der Waals surface area contributed by atoms with Gasteiger partial charge in [-0.05, 0) is 81.5 Å². The molecule has 1 heterocycles. The summed E-state index contributed by atoms with van der Waals surface area (Å²) in [7, 11) is 0. The summed E-state index contributed by atoms with van der Waals surface area (Å²) in [4.78, 5) is 12.4. The van der Waals surface area contributed by atoms with Crippen LogP contribution in [0, 0.1) is 35.0 Å². The molecule has 1 aliphatic heterocycles. The largest absolute Gasteiger partial charge is 0.366 e. The summed E-state index contributed by atoms with van der Waals surface area (Å²) in [6, 6.07) is 0. The van der Waals surface area contributed by atoms with Crippen molar-refractivity contribution in [2.45, 2.75) is 76.9 Å². The van der Waals surface area contributed by atoms with Gasteiger partial charge in [-0.25, -0.2) is 0 Å². The summed E-state index contributed by atoms with van der Waals surface area (Å²) in [5, 5.41) is 0. The van der Waals surface area contributed by atoms with E-state index in [0.717, 1.165) is 30.1 Å². The van der Waals surface area contributed by atoms with E-state index >= 15 is 0 Å². The molecule has 21 heavy (non-hydrogen) atoms. The highest BCUT2D eigenvalue weighted by Crippen LogP contribution is 2.64. The lowest BCUT2D eigenvalue weighted by Gasteiger charge is -2.54. The van der Waals surface area contributed by atoms with Crippen molar-refractivity contribution in [3.63, 3.8) is 0 Å². The van der Waals surface area contributed by atoms with Gasteiger partial charge in [0.05, 0.1) is 11.7 Å². The van der Waals surface area contributed by atoms with E-state index in [0.29, 0.717) is 17.8 Å². The van der Waals surface area contributed by atoms with Gasteiger partial charge in [-0.2, -0.15) is 0 Å². The molecule has 0 spiro atoms. The average molecular weight is 288 g/mol. The number of Topliss-reactive ketones (excluding diaryl/α,β-unsaturated/α-hetero) is 1. The molecule has 8 atom stereocenters. The van der Waals surface area contributed by atoms with Gasteiger partial charge in [-0.3, -0.25) is 4.79 Å². The molecule has 5 aliphatic rings. The number of rotatable bonds is 0. The molecule has 0 bridgehead atoms. The van der Waals surface area contributed by atoms with Gasteiger partial charge in [0.25, 0.3) is 0 Å². The van der Waals surface area contributed by atoms with E-state index in [4.69, 9.17) is 4.74 Å². The van der Waals surface area contributed by atoms with Crippen molar-refractivity contribution in [1.29, 1.82) is 0 Å². The number of epoxide rings is 1. The second kappa shape index (κ2) is 3.93. The zero-order valence-corrected chi connectivity index (χ0v) is 13.4. The van der Waals surface area contributed by atoms with E-state index in [1.165, 1.54) is 44.9 Å². The van der Waals surface area contributed by atoms with Crippen molar-refractivity contribution in [2.75, 3.05) is 0 Å². The zero-order chi connectivity index (χ0) is 14.4. The summed E-state index contributed by atoms with van der Waals surface area (Å²) in [6.07, 6.45) is 10.5. The maximum atomic E-state index is 12.4. The lowest BCUT2D eigenvalue weighted by atomic mass is 9.50. The second-order valence-corrected chi connectivity index (χ2v) is 9.21. The van der Waals surface area contributed by atoms with Crippen molar-refractivity contribution in [3.05, 3.63) is 0 Å². The molecule has 2 nitrogen and oxygen atoms in total. The Hall–Kier alpha value is -0.370. The van der Waals surface area contributed by atoms with E-state index < -0.39 is 0 Å². The van der Waals surface area contributed by atoms with Gasteiger partial charge in [0.2, 0.25) is 0 Å². The van der Waals surface area contributed by atoms with E-state index in [9.17, 15) is 4.79 Å². The Kier molecular flexibility index (Phi) is 2.45. The molecule has 0 radical (unpaired) electrons. The average Bonchev–Trinajstić information content (AvgIpc) is 3.02. The fourth-order valence-electron chi connectivity index (χ4n) is 7.16. The summed E-state index contributed by atoms with van der Waals surface area (Å²) in [5.41, 5.74) is 0.299. The van der Waals surface area contributed by atoms with Crippen molar-refractivity contribution in [2.24, 2.45) is 35.0 Å². The Bertz CT molecular complexity index is 500. The van der Waals surface area contributed by atoms with Gasteiger partial charge in [0, 0.05) is 11.8 Å². The normalized spacial score (nSPS) is 61.5. The van der Waals surface area contributed by atoms with Gasteiger partial charge in [-0.15, -0.1) is 0 Å². The van der Waals surface area contributed by atoms with Crippen LogP contribution in [0.3, 0.4) is 0 Å². The van der Waals surface area contributed by atoms with Crippen LogP contribution in [0.2, 0.25) is 0 Å². The minimum Gasteiger partial charge on any atom is -0.366 e. The van der Waals surface area contributed by atoms with Crippen LogP contribution in [0.15, 0.2) is 0 Å². The molecular formula is C19H28O2. The van der Waals surface area contributed by atoms with Crippen LogP contribution in [0.4, 0.5) is 0 Å². The smallest absolute Gasteiger partial charge is 0.139 e. The molecule has 0 aromatic rings. The first-order valence-electron chi connectivity index (χ1n) is 9.22. The standard InChI is InChI=1S/C19H28O2/c1-18-8-7-12-13(15(18)5-6-16(18)20)4-3-11-10-19(2)17(21-19)9-14(11)12/h11-15,17H,3-10H2,1-2H3. The van der Waals surface area contributed by atoms with Gasteiger partial charge in [0.15, 0.2) is 0 Å². The molecule has 4 aliphatic carbocycles. The number of fused-ring (bicyclic) bond motifs is 6. The minimum atomic E-state index is 0.0489. The molecule has 2 heteroatoms. The topological polar surface area (TPSA) is 29.6 Å². The molecule has 0 aromatic carbocycles. The van der Waals surface area contributed by atoms with Crippen LogP contribution in [-0.4, -0.2) is 17.5 Å². The number of carbonyl (C=O) groups excluding carboxylic acids is 1. The lowest BCUT2D eigenvalue weighted by molar-refractivity contribution is -0.132. The predicted octanol–water partition coefficient (Wildman–Crippen LogP) is 3.98. The third kappa shape index (κ3) is 1.61. The highest BCUT2D eigenvalue weighted by Gasteiger charge is 2.63. The third-order valence-electron chi connectivity index (χ3n) is 8.42. The summed E-state index contributed by atoms with van der Waals surface area (Å²) in [5.74, 6) is 4.86. The molecule has 8 unspecified atom stereocenters. The summed E-state index contributed by atoms with van der Waals surface area (Å²) < 4.78 is 6.01. The van der Waals surface area contributed by atoms with E-state index in [2.05, 4.69) is 13.8 Å². The quantitative estimate of drug-likeness (QED) is 0.631. The monoisotopic (exact) mass is 288 g/mol. The Morgan fingerprint density at radius 2 is 1.90 bits per heavy atom. The summed E-state index contributed by atoms with van der Waals surface area (Å²) in [6.45, 7) is 4.62. The number of hydrogen-bond donors (Lipinski definition) is 0. The van der Waals surface area contributed by atoms with E-state index in [1.54, 1.807) is 0 Å². The highest BCUT2D eigenvalue weighted by atomic mass is 16.6. The Balaban J connectivity index is 1.43. The zero-order valence-electron chi connectivity index (χ0n) is 13.4. The van der Waals surface area contributed by atoms with Gasteiger partial charge in [0.1, 0.15) is 5.78 Å². The first-order chi connectivity index (χ1) is 10.0. The number of hydrogen-bond acceptors (Lipinski definition) is 2. The second-order valence-electron chi connectivity index (χ2n) is 9.21. The molecule has 0 amide bonds. The molecule has 5 fully saturated rings. The fourth-order valence-corrected chi connectivity index (χ4v) is 7.16. The van der Waals surface area contributed by atoms with Gasteiger partial charge in [-0.1, -0.05) is 6.92 Å². The van der Waals surface area contributed by atoms with Crippen LogP contribution < -0.4 is 0 Å². The molecule has 5 rings (SSSR count). The van der Waals surface area contributed by atoms with E-state index in [1.807, 2.05) is 0 Å². The maximum absolute atomic E-state index is 12.4. The molecule has 4 saturated carbocycles. The fraction of sp³-hybridized carbons (Fsp3) is 0.947. The molecule has 1 saturated heterocycles. The van der Waals surface area contributed by atoms with Crippen molar-refractivity contribution in [1.82, 2.24) is 0 Å². The van der Waals surface area contributed by atoms with Crippen LogP contribution in [0.1, 0.15) is 65.2 Å². The Labute approximate surface area is 128 Å². The van der Waals surface area contributed by atoms with Crippen LogP contribution >= 0.6 is 0 Å². The molecule has 0 N–H and O–H groups in total. The highest BCUT2D eigenvalue weighted by molar-refractivity contribution is 5.87. The maximum Gasteiger partial charge on any atom is 0.139 e. The third-order valence-corrected chi connectivity index (χ3v) is 8.42. The van der Waals surface area contributed by atoms with Crippen molar-refractivity contribution < 1.29 is 9.53 Å². The Morgan fingerprint density at radius 3 is 2.76 bits per heavy atom. The van der Waals surface area contributed by atoms with Gasteiger partial charge < -0.3 is 4.74 Å². The van der Waals surface area contributed by atoms with Gasteiger partial charge >= 0.3 is 0 Å². The van der Waals surface area contributed by atoms with Crippen molar-refractivity contribution in [3.8, 4) is 0 Å². The molecule has 116 valence electrons. The summed E-state index contributed by atoms with van der Waals surface area (Å²) >= 11 is 0. The SMILES string of the molecule is CC12CC3CCC4C(CCC5(C)C(=O)CCC45)C3CC1O2.